The second-order valence-corrected chi connectivity index (χ2v) is 6.56. The van der Waals surface area contributed by atoms with Crippen molar-refractivity contribution in [3.8, 4) is 0 Å². The summed E-state index contributed by atoms with van der Waals surface area (Å²) in [4.78, 5) is 6.38. The predicted octanol–water partition coefficient (Wildman–Crippen LogP) is 4.26. The maximum absolute atomic E-state index is 6.10. The summed E-state index contributed by atoms with van der Waals surface area (Å²) in [6.07, 6.45) is 3.29. The van der Waals surface area contributed by atoms with Gasteiger partial charge in [0, 0.05) is 24.0 Å². The van der Waals surface area contributed by atoms with E-state index in [1.807, 2.05) is 22.9 Å². The number of aromatic nitrogens is 3. The van der Waals surface area contributed by atoms with E-state index in [-0.39, 0.29) is 6.04 Å². The largest absolute Gasteiger partial charge is 0.289 e. The van der Waals surface area contributed by atoms with E-state index in [2.05, 4.69) is 51.4 Å². The maximum atomic E-state index is 6.10. The summed E-state index contributed by atoms with van der Waals surface area (Å²) in [7, 11) is 0. The Morgan fingerprint density at radius 3 is 2.32 bits per heavy atom. The monoisotopic (exact) mass is 374 g/mol. The molecule has 0 N–H and O–H groups in total. The third-order valence-electron chi connectivity index (χ3n) is 4.12. The van der Waals surface area contributed by atoms with Crippen LogP contribution in [0.3, 0.4) is 0 Å². The van der Waals surface area contributed by atoms with E-state index in [0.717, 1.165) is 24.7 Å². The fourth-order valence-electron chi connectivity index (χ4n) is 2.95. The predicted molar refractivity (Wildman–Crippen MR) is 102 cm³/mol. The summed E-state index contributed by atoms with van der Waals surface area (Å²) in [6, 6.07) is 18.6. The maximum Gasteiger partial charge on any atom is 0.137 e. The highest BCUT2D eigenvalue weighted by Crippen LogP contribution is 2.29. The number of rotatable bonds is 8. The molecule has 0 saturated carbocycles. The molecule has 0 fully saturated rings. The minimum atomic E-state index is 0.112. The van der Waals surface area contributed by atoms with Crippen LogP contribution in [0.25, 0.3) is 0 Å². The summed E-state index contributed by atoms with van der Waals surface area (Å²) in [5.74, 6) is 0.564. The van der Waals surface area contributed by atoms with E-state index < -0.39 is 0 Å². The van der Waals surface area contributed by atoms with E-state index in [1.54, 1.807) is 12.7 Å². The molecule has 1 aromatic heterocycles. The average molecular weight is 375 g/mol. The summed E-state index contributed by atoms with van der Waals surface area (Å²) in [5, 5.41) is 4.93. The van der Waals surface area contributed by atoms with Crippen LogP contribution in [0.1, 0.15) is 17.2 Å². The molecule has 6 heteroatoms. The first-order valence-electron chi connectivity index (χ1n) is 8.21. The minimum absolute atomic E-state index is 0.112. The van der Waals surface area contributed by atoms with Crippen LogP contribution in [0.5, 0.6) is 0 Å². The third kappa shape index (κ3) is 4.82. The van der Waals surface area contributed by atoms with Crippen LogP contribution in [0, 0.1) is 0 Å². The molecule has 1 atom stereocenters. The average Bonchev–Trinajstić information content (AvgIpc) is 3.16. The Morgan fingerprint density at radius 1 is 0.960 bits per heavy atom. The molecule has 0 aliphatic carbocycles. The Bertz CT molecular complexity index is 745. The first kappa shape index (κ1) is 17.9. The van der Waals surface area contributed by atoms with Gasteiger partial charge in [0.1, 0.15) is 12.7 Å². The van der Waals surface area contributed by atoms with Gasteiger partial charge in [0.15, 0.2) is 0 Å². The quantitative estimate of drug-likeness (QED) is 0.552. The van der Waals surface area contributed by atoms with Crippen molar-refractivity contribution in [2.24, 2.45) is 0 Å². The van der Waals surface area contributed by atoms with Crippen molar-refractivity contribution >= 4 is 23.2 Å². The zero-order valence-electron chi connectivity index (χ0n) is 13.8. The molecule has 0 aliphatic rings. The highest BCUT2D eigenvalue weighted by atomic mass is 35.5. The number of benzene rings is 2. The molecule has 2 aromatic carbocycles. The number of nitrogens with zero attached hydrogens (tertiary/aromatic N) is 4. The highest BCUT2D eigenvalue weighted by molar-refractivity contribution is 6.30. The molecule has 0 amide bonds. The molecule has 0 aliphatic heterocycles. The zero-order chi connectivity index (χ0) is 17.5. The number of hydrogen-bond acceptors (Lipinski definition) is 3. The van der Waals surface area contributed by atoms with Gasteiger partial charge in [-0.15, -0.1) is 11.6 Å². The Morgan fingerprint density at radius 2 is 1.68 bits per heavy atom. The van der Waals surface area contributed by atoms with Crippen molar-refractivity contribution < 1.29 is 0 Å². The van der Waals surface area contributed by atoms with Gasteiger partial charge >= 0.3 is 0 Å². The van der Waals surface area contributed by atoms with E-state index in [9.17, 15) is 0 Å². The second-order valence-electron chi connectivity index (χ2n) is 5.75. The molecule has 3 rings (SSSR count). The SMILES string of the molecule is ClCCN(CCn1cncn1)C(c1ccccc1)c1ccc(Cl)cc1. The van der Waals surface area contributed by atoms with Crippen LogP contribution < -0.4 is 0 Å². The van der Waals surface area contributed by atoms with Crippen molar-refractivity contribution in [1.29, 1.82) is 0 Å². The van der Waals surface area contributed by atoms with Gasteiger partial charge in [-0.05, 0) is 23.3 Å². The van der Waals surface area contributed by atoms with Crippen LogP contribution in [0.2, 0.25) is 5.02 Å². The van der Waals surface area contributed by atoms with Gasteiger partial charge in [-0.25, -0.2) is 4.98 Å². The first-order chi connectivity index (χ1) is 12.3. The second kappa shape index (κ2) is 8.99. The van der Waals surface area contributed by atoms with Gasteiger partial charge in [-0.1, -0.05) is 54.1 Å². The summed E-state index contributed by atoms with van der Waals surface area (Å²) < 4.78 is 1.84. The van der Waals surface area contributed by atoms with E-state index in [0.29, 0.717) is 5.88 Å². The summed E-state index contributed by atoms with van der Waals surface area (Å²) in [5.41, 5.74) is 2.42. The van der Waals surface area contributed by atoms with Crippen molar-refractivity contribution in [3.63, 3.8) is 0 Å². The van der Waals surface area contributed by atoms with Crippen molar-refractivity contribution in [2.75, 3.05) is 19.0 Å². The molecule has 3 aromatic rings. The Hall–Kier alpha value is -1.88. The lowest BCUT2D eigenvalue weighted by atomic mass is 9.97. The summed E-state index contributed by atoms with van der Waals surface area (Å²) in [6.45, 7) is 2.35. The van der Waals surface area contributed by atoms with Crippen LogP contribution in [0.4, 0.5) is 0 Å². The Kier molecular flexibility index (Phi) is 6.45. The molecular formula is C19H20Cl2N4. The fourth-order valence-corrected chi connectivity index (χ4v) is 3.30. The molecule has 1 heterocycles. The summed E-state index contributed by atoms with van der Waals surface area (Å²) >= 11 is 12.2. The number of hydrogen-bond donors (Lipinski definition) is 0. The first-order valence-corrected chi connectivity index (χ1v) is 9.12. The molecule has 130 valence electrons. The van der Waals surface area contributed by atoms with Crippen molar-refractivity contribution in [3.05, 3.63) is 83.4 Å². The molecule has 25 heavy (non-hydrogen) atoms. The minimum Gasteiger partial charge on any atom is -0.289 e. The lowest BCUT2D eigenvalue weighted by molar-refractivity contribution is 0.226. The van der Waals surface area contributed by atoms with E-state index in [1.165, 1.54) is 11.1 Å². The zero-order valence-corrected chi connectivity index (χ0v) is 15.3. The standard InChI is InChI=1S/C19H20Cl2N4/c20-10-11-24(12-13-25-15-22-14-23-25)19(16-4-2-1-3-5-16)17-6-8-18(21)9-7-17/h1-9,14-15,19H,10-13H2. The Balaban J connectivity index is 1.90. The molecule has 0 spiro atoms. The van der Waals surface area contributed by atoms with Gasteiger partial charge in [0.05, 0.1) is 12.6 Å². The number of halogens is 2. The highest BCUT2D eigenvalue weighted by Gasteiger charge is 2.22. The van der Waals surface area contributed by atoms with Gasteiger partial charge in [-0.3, -0.25) is 9.58 Å². The normalized spacial score (nSPS) is 12.4. The molecule has 4 nitrogen and oxygen atoms in total. The van der Waals surface area contributed by atoms with E-state index in [4.69, 9.17) is 23.2 Å². The van der Waals surface area contributed by atoms with Gasteiger partial charge in [0.25, 0.3) is 0 Å². The van der Waals surface area contributed by atoms with Crippen LogP contribution in [-0.2, 0) is 6.54 Å². The molecular weight excluding hydrogens is 355 g/mol. The third-order valence-corrected chi connectivity index (χ3v) is 4.54. The molecule has 0 radical (unpaired) electrons. The van der Waals surface area contributed by atoms with Crippen molar-refractivity contribution in [2.45, 2.75) is 12.6 Å². The fraction of sp³-hybridized carbons (Fsp3) is 0.263. The lowest BCUT2D eigenvalue weighted by Crippen LogP contribution is -2.34. The molecule has 0 saturated heterocycles. The topological polar surface area (TPSA) is 34.0 Å². The molecule has 1 unspecified atom stereocenters. The van der Waals surface area contributed by atoms with Gasteiger partial charge in [0.2, 0.25) is 0 Å². The Labute approximate surface area is 158 Å². The smallest absolute Gasteiger partial charge is 0.137 e. The van der Waals surface area contributed by atoms with E-state index >= 15 is 0 Å². The van der Waals surface area contributed by atoms with Gasteiger partial charge < -0.3 is 0 Å². The van der Waals surface area contributed by atoms with Crippen molar-refractivity contribution in [1.82, 2.24) is 19.7 Å². The lowest BCUT2D eigenvalue weighted by Gasteiger charge is -2.32. The molecule has 0 bridgehead atoms. The van der Waals surface area contributed by atoms with Gasteiger partial charge in [-0.2, -0.15) is 5.10 Å². The van der Waals surface area contributed by atoms with Crippen LogP contribution in [-0.4, -0.2) is 38.6 Å². The number of alkyl halides is 1. The van der Waals surface area contributed by atoms with Crippen LogP contribution in [0.15, 0.2) is 67.3 Å². The van der Waals surface area contributed by atoms with Crippen LogP contribution >= 0.6 is 23.2 Å².